The Morgan fingerprint density at radius 1 is 0.259 bits per heavy atom. The van der Waals surface area contributed by atoms with Crippen molar-refractivity contribution < 1.29 is 56.8 Å². The zero-order valence-electron chi connectivity index (χ0n) is 69.0. The number of nitrogens with zero attached hydrogens (tertiary/aromatic N) is 4. The second-order valence-electron chi connectivity index (χ2n) is 30.0. The summed E-state index contributed by atoms with van der Waals surface area (Å²) in [6.45, 7) is 3.12. The Morgan fingerprint density at radius 2 is 0.517 bits per heavy atom. The van der Waals surface area contributed by atoms with Crippen LogP contribution in [0.1, 0.15) is 84.7 Å². The van der Waals surface area contributed by atoms with Crippen molar-refractivity contribution in [3.8, 4) is 56.8 Å². The first-order valence-corrected chi connectivity index (χ1v) is 40.0. The van der Waals surface area contributed by atoms with Crippen molar-refractivity contribution in [2.24, 2.45) is 0 Å². The van der Waals surface area contributed by atoms with Crippen LogP contribution in [0.5, 0.6) is 34.5 Å². The number of methoxy groups -OCH3 is 12. The van der Waals surface area contributed by atoms with Crippen LogP contribution in [0.2, 0.25) is 0 Å². The summed E-state index contributed by atoms with van der Waals surface area (Å²) in [7, 11) is 21.1. The molecule has 0 spiro atoms. The van der Waals surface area contributed by atoms with E-state index in [1.165, 1.54) is 55.6 Å². The van der Waals surface area contributed by atoms with Crippen molar-refractivity contribution >= 4 is 62.6 Å². The Hall–Kier alpha value is -11.3. The molecule has 1 atom stereocenters. The maximum atomic E-state index is 6.25. The summed E-state index contributed by atoms with van der Waals surface area (Å²) in [5, 5.41) is 0. The van der Waals surface area contributed by atoms with Crippen molar-refractivity contribution in [2.45, 2.75) is 74.0 Å². The lowest BCUT2D eigenvalue weighted by molar-refractivity contribution is 0.145. The van der Waals surface area contributed by atoms with Gasteiger partial charge in [0.05, 0.1) is 42.7 Å². The van der Waals surface area contributed by atoms with Crippen molar-refractivity contribution in [2.75, 3.05) is 145 Å². The molecule has 0 saturated carbocycles. The Kier molecular flexibility index (Phi) is 26.0. The standard InChI is InChI=1S/C100H108N4O12/c1-105-59-14-52-98(54-60-106-2)53-51-71(16-13-15-70-17-18-78(65-93(70)98)101(72-19-35-83(111-7)36-20-72)73-21-37-84(112-8)38-22-73)104(81-33-49-91-89-47-31-79(66-94(89)99(55-61-107-3,56-62-108-4)96(91)68-81)102(74-23-39-85(113-9)40-24-74)75-25-41-86(114-10)42-26-75)82-34-50-92-90-48-32-80(67-95(90)100(57-63-109-5,58-64-110-6)97(92)69-82)103(76-27-43-87(115-11)44-28-76)77-29-45-88(116-12)46-30-77/h13,16-51,65-69H,14-15,52-64H2,1-12H3/b16-13-,71-51+. The molecule has 116 heavy (non-hydrogen) atoms. The van der Waals surface area contributed by atoms with Gasteiger partial charge < -0.3 is 76.4 Å². The molecule has 11 aromatic carbocycles. The summed E-state index contributed by atoms with van der Waals surface area (Å²) in [5.74, 6) is 4.66. The van der Waals surface area contributed by atoms with E-state index in [4.69, 9.17) is 56.8 Å². The fraction of sp³-hybridized carbons (Fsp3) is 0.300. The molecule has 1 unspecified atom stereocenters. The van der Waals surface area contributed by atoms with E-state index in [0.29, 0.717) is 78.2 Å². The topological polar surface area (TPSA) is 124 Å². The summed E-state index contributed by atoms with van der Waals surface area (Å²) >= 11 is 0. The number of anilines is 11. The first kappa shape index (κ1) is 81.2. The Balaban J connectivity index is 0.989. The quantitative estimate of drug-likeness (QED) is 0.0343. The predicted molar refractivity (Wildman–Crippen MR) is 468 cm³/mol. The van der Waals surface area contributed by atoms with E-state index >= 15 is 0 Å². The molecule has 0 amide bonds. The minimum absolute atomic E-state index is 0.467. The SMILES string of the molecule is COCCCC1(CCOC)C/C=C(N(c2ccc3c(c2)C(CCOC)(CCOC)c2cc(N(c4ccc(OC)cc4)c4ccc(OC)cc4)ccc2-3)c2ccc3c(c2)C(CCOC)(CCOC)c2cc(N(c4ccc(OC)cc4)c4ccc(OC)cc4)ccc2-3)\C=C/Cc2ccc(N(c3ccc(OC)cc3)c3ccc(OC)cc3)cc21. The van der Waals surface area contributed by atoms with Crippen LogP contribution in [0, 0.1) is 0 Å². The average molecular weight is 1560 g/mol. The number of fused-ring (bicyclic) bond motifs is 7. The van der Waals surface area contributed by atoms with Gasteiger partial charge in [-0.25, -0.2) is 0 Å². The van der Waals surface area contributed by atoms with Gasteiger partial charge in [0.1, 0.15) is 34.5 Å². The van der Waals surface area contributed by atoms with Gasteiger partial charge in [0.25, 0.3) is 0 Å². The number of hydrogen-bond acceptors (Lipinski definition) is 16. The smallest absolute Gasteiger partial charge is 0.119 e. The molecule has 0 heterocycles. The van der Waals surface area contributed by atoms with Crippen LogP contribution in [0.15, 0.2) is 261 Å². The number of benzene rings is 11. The largest absolute Gasteiger partial charge is 0.497 e. The van der Waals surface area contributed by atoms with Gasteiger partial charge in [-0.05, 0) is 326 Å². The van der Waals surface area contributed by atoms with Gasteiger partial charge in [0, 0.05) is 167 Å². The maximum absolute atomic E-state index is 6.25. The molecule has 0 aliphatic heterocycles. The summed E-state index contributed by atoms with van der Waals surface area (Å²) in [5.41, 5.74) is 22.3. The van der Waals surface area contributed by atoms with Crippen molar-refractivity contribution in [3.05, 3.63) is 294 Å². The fourth-order valence-electron chi connectivity index (χ4n) is 17.9. The van der Waals surface area contributed by atoms with Crippen LogP contribution in [0.4, 0.5) is 62.6 Å². The second-order valence-corrected chi connectivity index (χ2v) is 30.0. The van der Waals surface area contributed by atoms with E-state index < -0.39 is 16.2 Å². The summed E-state index contributed by atoms with van der Waals surface area (Å²) in [4.78, 5) is 9.48. The van der Waals surface area contributed by atoms with Crippen molar-refractivity contribution in [1.29, 1.82) is 0 Å². The number of allylic oxidation sites excluding steroid dienone is 3. The first-order valence-electron chi connectivity index (χ1n) is 40.0. The highest BCUT2D eigenvalue weighted by molar-refractivity contribution is 5.91. The monoisotopic (exact) mass is 1560 g/mol. The van der Waals surface area contributed by atoms with Crippen LogP contribution in [0.3, 0.4) is 0 Å². The van der Waals surface area contributed by atoms with E-state index in [0.717, 1.165) is 122 Å². The number of rotatable bonds is 37. The van der Waals surface area contributed by atoms with Crippen molar-refractivity contribution in [3.63, 3.8) is 0 Å². The Morgan fingerprint density at radius 3 is 0.802 bits per heavy atom. The second kappa shape index (κ2) is 37.1. The van der Waals surface area contributed by atoms with Gasteiger partial charge >= 0.3 is 0 Å². The van der Waals surface area contributed by atoms with Crippen LogP contribution in [0.25, 0.3) is 22.3 Å². The molecule has 14 rings (SSSR count). The number of hydrogen-bond donors (Lipinski definition) is 0. The zero-order valence-corrected chi connectivity index (χ0v) is 69.0. The van der Waals surface area contributed by atoms with E-state index in [1.54, 1.807) is 49.8 Å². The molecule has 0 aromatic heterocycles. The lowest BCUT2D eigenvalue weighted by Crippen LogP contribution is -2.31. The van der Waals surface area contributed by atoms with Gasteiger partial charge in [-0.1, -0.05) is 42.5 Å². The Labute approximate surface area is 684 Å². The molecule has 11 aromatic rings. The van der Waals surface area contributed by atoms with Crippen LogP contribution >= 0.6 is 0 Å². The van der Waals surface area contributed by atoms with Gasteiger partial charge in [-0.15, -0.1) is 0 Å². The third-order valence-corrected chi connectivity index (χ3v) is 23.9. The summed E-state index contributed by atoms with van der Waals surface area (Å²) in [6, 6.07) is 85.1. The van der Waals surface area contributed by atoms with E-state index in [2.05, 4.69) is 202 Å². The fourth-order valence-corrected chi connectivity index (χ4v) is 17.9. The van der Waals surface area contributed by atoms with E-state index in [-0.39, 0.29) is 0 Å². The molecular weight excluding hydrogens is 1450 g/mol. The van der Waals surface area contributed by atoms with Gasteiger partial charge in [-0.2, -0.15) is 0 Å². The van der Waals surface area contributed by atoms with Gasteiger partial charge in [-0.3, -0.25) is 0 Å². The molecule has 16 heteroatoms. The molecule has 0 bridgehead atoms. The molecule has 600 valence electrons. The molecule has 16 nitrogen and oxygen atoms in total. The minimum Gasteiger partial charge on any atom is -0.497 e. The molecule has 0 saturated heterocycles. The minimum atomic E-state index is -0.595. The lowest BCUT2D eigenvalue weighted by Gasteiger charge is -2.37. The van der Waals surface area contributed by atoms with Crippen LogP contribution in [-0.2, 0) is 51.1 Å². The van der Waals surface area contributed by atoms with Crippen LogP contribution in [-0.4, -0.2) is 125 Å². The highest BCUT2D eigenvalue weighted by atomic mass is 16.5. The average Bonchev–Trinajstić information content (AvgIpc) is 1.56. The third kappa shape index (κ3) is 16.4. The molecule has 0 N–H and O–H groups in total. The zero-order chi connectivity index (χ0) is 80.8. The molecule has 0 radical (unpaired) electrons. The van der Waals surface area contributed by atoms with E-state index in [9.17, 15) is 0 Å². The van der Waals surface area contributed by atoms with Crippen LogP contribution < -0.4 is 48.0 Å². The van der Waals surface area contributed by atoms with Gasteiger partial charge in [0.15, 0.2) is 0 Å². The number of ether oxygens (including phenoxy) is 12. The van der Waals surface area contributed by atoms with Crippen molar-refractivity contribution in [1.82, 2.24) is 0 Å². The molecule has 3 aliphatic carbocycles. The first-order chi connectivity index (χ1) is 56.9. The predicted octanol–water partition coefficient (Wildman–Crippen LogP) is 22.8. The van der Waals surface area contributed by atoms with E-state index in [1.807, 2.05) is 108 Å². The summed E-state index contributed by atoms with van der Waals surface area (Å²) in [6.07, 6.45) is 13.7. The Bertz CT molecular complexity index is 4810. The molecular formula is C100H108N4O12. The highest BCUT2D eigenvalue weighted by Gasteiger charge is 2.47. The normalized spacial score (nSPS) is 15.4. The third-order valence-electron chi connectivity index (χ3n) is 23.9. The van der Waals surface area contributed by atoms with Gasteiger partial charge in [0.2, 0.25) is 0 Å². The summed E-state index contributed by atoms with van der Waals surface area (Å²) < 4.78 is 71.5. The molecule has 0 fully saturated rings. The maximum Gasteiger partial charge on any atom is 0.119 e. The lowest BCUT2D eigenvalue weighted by atomic mass is 9.69. The highest BCUT2D eigenvalue weighted by Crippen LogP contribution is 2.59. The molecule has 3 aliphatic rings.